The van der Waals surface area contributed by atoms with Crippen LogP contribution < -0.4 is 0 Å². The summed E-state index contributed by atoms with van der Waals surface area (Å²) >= 11 is 0. The minimum absolute atomic E-state index is 0.0838. The van der Waals surface area contributed by atoms with E-state index in [1.54, 1.807) is 0 Å². The highest BCUT2D eigenvalue weighted by Gasteiger charge is 2.43. The van der Waals surface area contributed by atoms with Gasteiger partial charge in [0, 0.05) is 13.1 Å². The lowest BCUT2D eigenvalue weighted by molar-refractivity contribution is -0.156. The first-order chi connectivity index (χ1) is 7.70. The number of nitrogens with zero attached hydrogens (tertiary/aromatic N) is 1. The number of hydrogen-bond donors (Lipinski definition) is 1. The summed E-state index contributed by atoms with van der Waals surface area (Å²) in [4.78, 5) is 24.9. The molecule has 4 nitrogen and oxygen atoms in total. The van der Waals surface area contributed by atoms with E-state index in [2.05, 4.69) is 0 Å². The summed E-state index contributed by atoms with van der Waals surface area (Å²) in [5.41, 5.74) is 0. The maximum Gasteiger partial charge on any atom is 0.307 e. The smallest absolute Gasteiger partial charge is 0.307 e. The van der Waals surface area contributed by atoms with Gasteiger partial charge in [0.05, 0.1) is 11.8 Å². The first-order valence-corrected chi connectivity index (χ1v) is 6.22. The fourth-order valence-electron chi connectivity index (χ4n) is 2.62. The lowest BCUT2D eigenvalue weighted by Crippen LogP contribution is -2.46. The number of rotatable bonds is 2. The second-order valence-electron chi connectivity index (χ2n) is 4.87. The van der Waals surface area contributed by atoms with Crippen molar-refractivity contribution >= 4 is 11.9 Å². The van der Waals surface area contributed by atoms with Crippen LogP contribution in [0.25, 0.3) is 0 Å². The maximum atomic E-state index is 12.1. The second kappa shape index (κ2) is 4.85. The van der Waals surface area contributed by atoms with Crippen LogP contribution in [-0.4, -0.2) is 35.0 Å². The van der Waals surface area contributed by atoms with E-state index in [1.165, 1.54) is 12.8 Å². The Morgan fingerprint density at radius 3 is 1.94 bits per heavy atom. The van der Waals surface area contributed by atoms with Crippen LogP contribution in [0.2, 0.25) is 0 Å². The Morgan fingerprint density at radius 1 is 0.938 bits per heavy atom. The second-order valence-corrected chi connectivity index (χ2v) is 4.87. The fraction of sp³-hybridized carbons (Fsp3) is 0.833. The topological polar surface area (TPSA) is 57.6 Å². The number of aliphatic carboxylic acids is 1. The van der Waals surface area contributed by atoms with E-state index in [1.807, 2.05) is 4.90 Å². The van der Waals surface area contributed by atoms with E-state index in [-0.39, 0.29) is 11.8 Å². The Balaban J connectivity index is 1.93. The molecular formula is C12H19NO3. The summed E-state index contributed by atoms with van der Waals surface area (Å²) < 4.78 is 0. The van der Waals surface area contributed by atoms with E-state index < -0.39 is 11.9 Å². The number of carboxylic acids is 1. The molecule has 2 rings (SSSR count). The van der Waals surface area contributed by atoms with Crippen molar-refractivity contribution in [1.29, 1.82) is 0 Å². The van der Waals surface area contributed by atoms with Crippen molar-refractivity contribution in [2.45, 2.75) is 38.5 Å². The average Bonchev–Trinajstić information content (AvgIpc) is 2.42. The van der Waals surface area contributed by atoms with Gasteiger partial charge in [-0.1, -0.05) is 12.8 Å². The number of carbonyl (C=O) groups is 2. The number of carbonyl (C=O) groups excluding carboxylic acids is 1. The third kappa shape index (κ3) is 2.20. The number of amides is 1. The molecule has 0 spiro atoms. The van der Waals surface area contributed by atoms with Gasteiger partial charge in [0.2, 0.25) is 5.91 Å². The van der Waals surface area contributed by atoms with E-state index in [9.17, 15) is 9.59 Å². The Kier molecular flexibility index (Phi) is 3.46. The molecule has 16 heavy (non-hydrogen) atoms. The zero-order chi connectivity index (χ0) is 11.5. The molecule has 1 aliphatic carbocycles. The van der Waals surface area contributed by atoms with E-state index in [4.69, 9.17) is 5.11 Å². The summed E-state index contributed by atoms with van der Waals surface area (Å²) in [6.45, 7) is 1.64. The highest BCUT2D eigenvalue weighted by atomic mass is 16.4. The average molecular weight is 225 g/mol. The third-order valence-corrected chi connectivity index (χ3v) is 3.83. The van der Waals surface area contributed by atoms with Crippen molar-refractivity contribution < 1.29 is 14.7 Å². The molecule has 4 heteroatoms. The van der Waals surface area contributed by atoms with Crippen LogP contribution >= 0.6 is 0 Å². The summed E-state index contributed by atoms with van der Waals surface area (Å²) in [7, 11) is 0. The minimum Gasteiger partial charge on any atom is -0.481 e. The number of carboxylic acid groups (broad SMARTS) is 1. The van der Waals surface area contributed by atoms with Gasteiger partial charge in [-0.15, -0.1) is 0 Å². The molecule has 2 atom stereocenters. The molecule has 1 saturated heterocycles. The first kappa shape index (κ1) is 11.4. The van der Waals surface area contributed by atoms with Crippen molar-refractivity contribution in [3.05, 3.63) is 0 Å². The molecule has 1 aliphatic heterocycles. The van der Waals surface area contributed by atoms with Crippen LogP contribution in [0.5, 0.6) is 0 Å². The lowest BCUT2D eigenvalue weighted by Gasteiger charge is -2.36. The molecule has 0 aromatic carbocycles. The molecule has 1 heterocycles. The molecule has 1 amide bonds. The van der Waals surface area contributed by atoms with E-state index in [0.29, 0.717) is 6.42 Å². The Bertz CT molecular complexity index is 282. The predicted octanol–water partition coefficient (Wildman–Crippen LogP) is 1.50. The van der Waals surface area contributed by atoms with Gasteiger partial charge in [-0.2, -0.15) is 0 Å². The van der Waals surface area contributed by atoms with Gasteiger partial charge in [0.25, 0.3) is 0 Å². The van der Waals surface area contributed by atoms with Crippen LogP contribution in [0.1, 0.15) is 38.5 Å². The molecule has 0 bridgehead atoms. The molecule has 90 valence electrons. The third-order valence-electron chi connectivity index (χ3n) is 3.83. The molecule has 1 N–H and O–H groups in total. The SMILES string of the molecule is O=C(O)C1CCC1C(=O)N1CCCCCC1. The number of likely N-dealkylation sites (tertiary alicyclic amines) is 1. The van der Waals surface area contributed by atoms with Crippen molar-refractivity contribution in [3.63, 3.8) is 0 Å². The summed E-state index contributed by atoms with van der Waals surface area (Å²) in [5, 5.41) is 8.94. The van der Waals surface area contributed by atoms with Gasteiger partial charge >= 0.3 is 5.97 Å². The molecule has 0 aromatic heterocycles. The standard InChI is InChI=1S/C12H19NO3/c14-11(9-5-6-10(9)12(15)16)13-7-3-1-2-4-8-13/h9-10H,1-8H2,(H,15,16). The summed E-state index contributed by atoms with van der Waals surface area (Å²) in [5.74, 6) is -1.38. The Labute approximate surface area is 95.6 Å². The zero-order valence-corrected chi connectivity index (χ0v) is 9.52. The van der Waals surface area contributed by atoms with Gasteiger partial charge in [-0.3, -0.25) is 9.59 Å². The van der Waals surface area contributed by atoms with Gasteiger partial charge < -0.3 is 10.0 Å². The minimum atomic E-state index is -0.806. The molecule has 2 aliphatic rings. The van der Waals surface area contributed by atoms with Gasteiger partial charge in [0.15, 0.2) is 0 Å². The van der Waals surface area contributed by atoms with Crippen LogP contribution in [0.15, 0.2) is 0 Å². The monoisotopic (exact) mass is 225 g/mol. The first-order valence-electron chi connectivity index (χ1n) is 6.22. The van der Waals surface area contributed by atoms with Gasteiger partial charge in [-0.05, 0) is 25.7 Å². The molecule has 1 saturated carbocycles. The normalized spacial score (nSPS) is 30.4. The predicted molar refractivity (Wildman–Crippen MR) is 58.9 cm³/mol. The van der Waals surface area contributed by atoms with Crippen LogP contribution in [0.4, 0.5) is 0 Å². The van der Waals surface area contributed by atoms with Crippen molar-refractivity contribution in [2.75, 3.05) is 13.1 Å². The van der Waals surface area contributed by atoms with Crippen molar-refractivity contribution in [3.8, 4) is 0 Å². The molecule has 2 unspecified atom stereocenters. The molecule has 2 fully saturated rings. The van der Waals surface area contributed by atoms with Crippen molar-refractivity contribution in [1.82, 2.24) is 4.90 Å². The Morgan fingerprint density at radius 2 is 1.50 bits per heavy atom. The molecular weight excluding hydrogens is 206 g/mol. The molecule has 0 aromatic rings. The van der Waals surface area contributed by atoms with Crippen LogP contribution in [0, 0.1) is 11.8 Å². The highest BCUT2D eigenvalue weighted by Crippen LogP contribution is 2.36. The van der Waals surface area contributed by atoms with Crippen molar-refractivity contribution in [2.24, 2.45) is 11.8 Å². The zero-order valence-electron chi connectivity index (χ0n) is 9.52. The highest BCUT2D eigenvalue weighted by molar-refractivity contribution is 5.86. The van der Waals surface area contributed by atoms with Gasteiger partial charge in [0.1, 0.15) is 0 Å². The quantitative estimate of drug-likeness (QED) is 0.774. The van der Waals surface area contributed by atoms with E-state index >= 15 is 0 Å². The lowest BCUT2D eigenvalue weighted by atomic mass is 9.73. The summed E-state index contributed by atoms with van der Waals surface area (Å²) in [6.07, 6.45) is 5.94. The number of hydrogen-bond acceptors (Lipinski definition) is 2. The molecule has 0 radical (unpaired) electrons. The Hall–Kier alpha value is -1.06. The van der Waals surface area contributed by atoms with Crippen LogP contribution in [-0.2, 0) is 9.59 Å². The largest absolute Gasteiger partial charge is 0.481 e. The maximum absolute atomic E-state index is 12.1. The van der Waals surface area contributed by atoms with Crippen LogP contribution in [0.3, 0.4) is 0 Å². The fourth-order valence-corrected chi connectivity index (χ4v) is 2.62. The van der Waals surface area contributed by atoms with E-state index in [0.717, 1.165) is 32.4 Å². The summed E-state index contributed by atoms with van der Waals surface area (Å²) in [6, 6.07) is 0. The van der Waals surface area contributed by atoms with Gasteiger partial charge in [-0.25, -0.2) is 0 Å².